The van der Waals surface area contributed by atoms with Crippen molar-refractivity contribution < 1.29 is 9.53 Å². The van der Waals surface area contributed by atoms with Crippen molar-refractivity contribution >= 4 is 21.8 Å². The molecule has 0 saturated heterocycles. The van der Waals surface area contributed by atoms with Crippen molar-refractivity contribution in [2.75, 3.05) is 19.0 Å². The van der Waals surface area contributed by atoms with Gasteiger partial charge in [-0.2, -0.15) is 0 Å². The van der Waals surface area contributed by atoms with E-state index < -0.39 is 0 Å². The number of ether oxygens (including phenoxy) is 1. The number of amides is 1. The van der Waals surface area contributed by atoms with E-state index in [1.807, 2.05) is 18.2 Å². The Morgan fingerprint density at radius 3 is 2.75 bits per heavy atom. The average molecular weight is 340 g/mol. The van der Waals surface area contributed by atoms with Crippen molar-refractivity contribution in [1.29, 1.82) is 0 Å². The second kappa shape index (κ2) is 7.11. The third kappa shape index (κ3) is 3.75. The Kier molecular flexibility index (Phi) is 5.46. The highest BCUT2D eigenvalue weighted by atomic mass is 79.9. The van der Waals surface area contributed by atoms with Crippen molar-refractivity contribution in [3.8, 4) is 5.75 Å². The largest absolute Gasteiger partial charge is 0.497 e. The van der Waals surface area contributed by atoms with E-state index in [1.165, 1.54) is 32.1 Å². The molecule has 2 rings (SSSR count). The van der Waals surface area contributed by atoms with Crippen LogP contribution in [0.3, 0.4) is 0 Å². The van der Waals surface area contributed by atoms with Crippen LogP contribution in [0.1, 0.15) is 42.5 Å². The normalized spacial score (nSPS) is 17.5. The summed E-state index contributed by atoms with van der Waals surface area (Å²) in [6.07, 6.45) is 6.23. The summed E-state index contributed by atoms with van der Waals surface area (Å²) in [6, 6.07) is 7.28. The lowest BCUT2D eigenvalue weighted by Gasteiger charge is -2.35. The lowest BCUT2D eigenvalue weighted by atomic mass is 9.75. The van der Waals surface area contributed by atoms with Crippen LogP contribution in [0.2, 0.25) is 0 Å². The smallest absolute Gasteiger partial charge is 0.251 e. The van der Waals surface area contributed by atoms with E-state index in [9.17, 15) is 4.79 Å². The zero-order chi connectivity index (χ0) is 14.4. The van der Waals surface area contributed by atoms with Gasteiger partial charge in [0.25, 0.3) is 5.91 Å². The molecule has 0 aromatic heterocycles. The number of benzene rings is 1. The van der Waals surface area contributed by atoms with Crippen LogP contribution in [-0.4, -0.2) is 24.9 Å². The van der Waals surface area contributed by atoms with Crippen molar-refractivity contribution in [3.05, 3.63) is 29.8 Å². The van der Waals surface area contributed by atoms with E-state index in [1.54, 1.807) is 13.2 Å². The molecule has 20 heavy (non-hydrogen) atoms. The minimum Gasteiger partial charge on any atom is -0.497 e. The quantitative estimate of drug-likeness (QED) is 0.829. The van der Waals surface area contributed by atoms with Gasteiger partial charge in [0, 0.05) is 17.4 Å². The molecule has 0 unspecified atom stereocenters. The third-order valence-electron chi connectivity index (χ3n) is 4.15. The molecule has 1 N–H and O–H groups in total. The SMILES string of the molecule is COc1cccc(C(=O)NCC2(CBr)CCCCC2)c1. The molecule has 1 aromatic carbocycles. The minimum atomic E-state index is -0.0187. The first kappa shape index (κ1) is 15.4. The van der Waals surface area contributed by atoms with E-state index in [2.05, 4.69) is 21.2 Å². The molecule has 1 amide bonds. The van der Waals surface area contributed by atoms with Gasteiger partial charge in [-0.3, -0.25) is 4.79 Å². The average Bonchev–Trinajstić information content (AvgIpc) is 2.53. The van der Waals surface area contributed by atoms with Gasteiger partial charge in [0.15, 0.2) is 0 Å². The molecule has 0 aliphatic heterocycles. The Hall–Kier alpha value is -1.03. The van der Waals surface area contributed by atoms with Crippen LogP contribution in [0.15, 0.2) is 24.3 Å². The van der Waals surface area contributed by atoms with Crippen LogP contribution in [0.4, 0.5) is 0 Å². The summed E-state index contributed by atoms with van der Waals surface area (Å²) in [4.78, 5) is 12.2. The number of methoxy groups -OCH3 is 1. The Balaban J connectivity index is 1.96. The van der Waals surface area contributed by atoms with Gasteiger partial charge in [-0.25, -0.2) is 0 Å². The number of halogens is 1. The van der Waals surface area contributed by atoms with Crippen molar-refractivity contribution in [3.63, 3.8) is 0 Å². The number of alkyl halides is 1. The van der Waals surface area contributed by atoms with Crippen LogP contribution in [-0.2, 0) is 0 Å². The van der Waals surface area contributed by atoms with Crippen LogP contribution in [0.5, 0.6) is 5.75 Å². The molecule has 1 saturated carbocycles. The summed E-state index contributed by atoms with van der Waals surface area (Å²) in [5.74, 6) is 0.695. The fraction of sp³-hybridized carbons (Fsp3) is 0.562. The molecule has 1 aromatic rings. The van der Waals surface area contributed by atoms with Crippen molar-refractivity contribution in [1.82, 2.24) is 5.32 Å². The first-order chi connectivity index (χ1) is 9.69. The molecule has 0 bridgehead atoms. The van der Waals surface area contributed by atoms with Gasteiger partial charge >= 0.3 is 0 Å². The second-order valence-electron chi connectivity index (χ2n) is 5.61. The Labute approximate surface area is 129 Å². The summed E-state index contributed by atoms with van der Waals surface area (Å²) in [6.45, 7) is 0.744. The number of hydrogen-bond donors (Lipinski definition) is 1. The zero-order valence-corrected chi connectivity index (χ0v) is 13.5. The molecule has 4 heteroatoms. The highest BCUT2D eigenvalue weighted by molar-refractivity contribution is 9.09. The summed E-state index contributed by atoms with van der Waals surface area (Å²) in [7, 11) is 1.61. The number of nitrogens with one attached hydrogen (secondary N) is 1. The van der Waals surface area contributed by atoms with Gasteiger partial charge in [0.1, 0.15) is 5.75 Å². The predicted octanol–water partition coefficient (Wildman–Crippen LogP) is 3.77. The standard InChI is InChI=1S/C16H22BrNO2/c1-20-14-7-5-6-13(10-14)15(19)18-12-16(11-17)8-3-2-4-9-16/h5-7,10H,2-4,8-9,11-12H2,1H3,(H,18,19). The first-order valence-corrected chi connectivity index (χ1v) is 8.29. The maximum Gasteiger partial charge on any atom is 0.251 e. The van der Waals surface area contributed by atoms with Crippen LogP contribution >= 0.6 is 15.9 Å². The lowest BCUT2D eigenvalue weighted by Crippen LogP contribution is -2.40. The molecule has 1 aliphatic rings. The highest BCUT2D eigenvalue weighted by Crippen LogP contribution is 2.37. The summed E-state index contributed by atoms with van der Waals surface area (Å²) < 4.78 is 5.15. The van der Waals surface area contributed by atoms with Crippen LogP contribution in [0.25, 0.3) is 0 Å². The summed E-state index contributed by atoms with van der Waals surface area (Å²) >= 11 is 3.63. The molecule has 1 fully saturated rings. The Morgan fingerprint density at radius 1 is 1.35 bits per heavy atom. The van der Waals surface area contributed by atoms with Gasteiger partial charge in [0.05, 0.1) is 7.11 Å². The predicted molar refractivity (Wildman–Crippen MR) is 84.6 cm³/mol. The van der Waals surface area contributed by atoms with Gasteiger partial charge in [-0.15, -0.1) is 0 Å². The molecule has 1 aliphatic carbocycles. The summed E-state index contributed by atoms with van der Waals surface area (Å²) in [5.41, 5.74) is 0.886. The van der Waals surface area contributed by atoms with E-state index in [0.717, 1.165) is 11.9 Å². The van der Waals surface area contributed by atoms with Gasteiger partial charge in [-0.05, 0) is 36.5 Å². The molecule has 3 nitrogen and oxygen atoms in total. The fourth-order valence-electron chi connectivity index (χ4n) is 2.79. The molecule has 0 spiro atoms. The maximum atomic E-state index is 12.2. The first-order valence-electron chi connectivity index (χ1n) is 7.17. The zero-order valence-electron chi connectivity index (χ0n) is 12.0. The fourth-order valence-corrected chi connectivity index (χ4v) is 3.55. The van der Waals surface area contributed by atoms with E-state index in [-0.39, 0.29) is 11.3 Å². The maximum absolute atomic E-state index is 12.2. The molecule has 0 radical (unpaired) electrons. The van der Waals surface area contributed by atoms with Gasteiger partial charge in [-0.1, -0.05) is 41.3 Å². The van der Waals surface area contributed by atoms with Crippen molar-refractivity contribution in [2.24, 2.45) is 5.41 Å². The van der Waals surface area contributed by atoms with Gasteiger partial charge in [0.2, 0.25) is 0 Å². The van der Waals surface area contributed by atoms with Crippen molar-refractivity contribution in [2.45, 2.75) is 32.1 Å². The van der Waals surface area contributed by atoms with E-state index >= 15 is 0 Å². The lowest BCUT2D eigenvalue weighted by molar-refractivity contribution is 0.0921. The summed E-state index contributed by atoms with van der Waals surface area (Å²) in [5, 5.41) is 4.04. The number of hydrogen-bond acceptors (Lipinski definition) is 2. The molecular formula is C16H22BrNO2. The molecule has 0 atom stereocenters. The second-order valence-corrected chi connectivity index (χ2v) is 6.17. The number of carbonyl (C=O) groups is 1. The molecular weight excluding hydrogens is 318 g/mol. The van der Waals surface area contributed by atoms with Gasteiger partial charge < -0.3 is 10.1 Å². The number of rotatable bonds is 5. The topological polar surface area (TPSA) is 38.3 Å². The minimum absolute atomic E-state index is 0.0187. The highest BCUT2D eigenvalue weighted by Gasteiger charge is 2.31. The Bertz CT molecular complexity index is 456. The molecule has 0 heterocycles. The van der Waals surface area contributed by atoms with E-state index in [4.69, 9.17) is 4.74 Å². The third-order valence-corrected chi connectivity index (χ3v) is 5.34. The molecule has 110 valence electrons. The van der Waals surface area contributed by atoms with Crippen LogP contribution in [0, 0.1) is 5.41 Å². The van der Waals surface area contributed by atoms with Crippen LogP contribution < -0.4 is 10.1 Å². The van der Waals surface area contributed by atoms with E-state index in [0.29, 0.717) is 11.3 Å². The Morgan fingerprint density at radius 2 is 2.10 bits per heavy atom. The number of carbonyl (C=O) groups excluding carboxylic acids is 1. The monoisotopic (exact) mass is 339 g/mol.